The van der Waals surface area contributed by atoms with Gasteiger partial charge < -0.3 is 20.3 Å². The number of ether oxygens (including phenoxy) is 1. The van der Waals surface area contributed by atoms with Gasteiger partial charge in [-0.25, -0.2) is 4.98 Å². The maximum Gasteiger partial charge on any atom is 0.130 e. The normalized spacial score (nSPS) is 24.4. The summed E-state index contributed by atoms with van der Waals surface area (Å²) in [6.07, 6.45) is 7.48. The first-order valence-electron chi connectivity index (χ1n) is 9.03. The summed E-state index contributed by atoms with van der Waals surface area (Å²) in [6, 6.07) is 1.40. The molecule has 0 saturated carbocycles. The van der Waals surface area contributed by atoms with Gasteiger partial charge in [-0.2, -0.15) is 0 Å². The number of hydrogen-bond donors (Lipinski definition) is 3. The fourth-order valence-corrected chi connectivity index (χ4v) is 3.23. The number of fused-ring (bicyclic) bond motifs is 1. The number of rotatable bonds is 5. The molecule has 0 aliphatic carbocycles. The molecule has 3 atom stereocenters. The molecule has 5 nitrogen and oxygen atoms in total. The molecule has 1 aromatic rings. The molecule has 1 aliphatic heterocycles. The molecule has 2 rings (SSSR count). The van der Waals surface area contributed by atoms with Crippen molar-refractivity contribution in [2.75, 3.05) is 6.54 Å². The largest absolute Gasteiger partial charge is 0.493 e. The molecule has 2 heterocycles. The highest BCUT2D eigenvalue weighted by molar-refractivity contribution is 6.29. The lowest BCUT2D eigenvalue weighted by atomic mass is 9.93. The minimum absolute atomic E-state index is 0.390. The molecule has 1 aliphatic rings. The van der Waals surface area contributed by atoms with E-state index in [2.05, 4.69) is 10.3 Å². The summed E-state index contributed by atoms with van der Waals surface area (Å²) in [4.78, 5) is 4.38. The van der Waals surface area contributed by atoms with Gasteiger partial charge in [0.25, 0.3) is 0 Å². The van der Waals surface area contributed by atoms with Crippen LogP contribution in [-0.2, 0) is 4.74 Å². The van der Waals surface area contributed by atoms with Gasteiger partial charge in [0, 0.05) is 12.1 Å². The summed E-state index contributed by atoms with van der Waals surface area (Å²) in [7, 11) is 0. The van der Waals surface area contributed by atoms with Gasteiger partial charge in [0.05, 0.1) is 24.1 Å². The molecule has 0 fully saturated rings. The van der Waals surface area contributed by atoms with Gasteiger partial charge >= 0.3 is 0 Å². The van der Waals surface area contributed by atoms with Crippen LogP contribution < -0.4 is 5.32 Å². The van der Waals surface area contributed by atoms with Gasteiger partial charge in [0.1, 0.15) is 16.9 Å². The Morgan fingerprint density at radius 2 is 2.12 bits per heavy atom. The zero-order valence-electron chi connectivity index (χ0n) is 15.9. The highest BCUT2D eigenvalue weighted by atomic mass is 35.5. The Hall–Kier alpha value is -1.40. The van der Waals surface area contributed by atoms with E-state index in [1.54, 1.807) is 12.3 Å². The second-order valence-electron chi connectivity index (χ2n) is 7.27. The van der Waals surface area contributed by atoms with E-state index < -0.39 is 23.9 Å². The van der Waals surface area contributed by atoms with E-state index >= 15 is 0 Å². The SMILES string of the molecule is CCCC(O)CN[C@H]1/C=C/c2nc(Cl)cc(C)c2C=COC(C)(C)[C@@H]1O. The van der Waals surface area contributed by atoms with Crippen LogP contribution in [0, 0.1) is 6.92 Å². The van der Waals surface area contributed by atoms with Crippen LogP contribution in [0.2, 0.25) is 5.15 Å². The molecule has 0 amide bonds. The Kier molecular flexibility index (Phi) is 7.24. The van der Waals surface area contributed by atoms with Crippen molar-refractivity contribution in [3.8, 4) is 0 Å². The van der Waals surface area contributed by atoms with E-state index in [9.17, 15) is 10.2 Å². The molecule has 26 heavy (non-hydrogen) atoms. The lowest BCUT2D eigenvalue weighted by Gasteiger charge is -2.35. The van der Waals surface area contributed by atoms with Crippen LogP contribution in [0.4, 0.5) is 0 Å². The third kappa shape index (κ3) is 5.30. The third-order valence-corrected chi connectivity index (χ3v) is 4.79. The van der Waals surface area contributed by atoms with E-state index in [0.29, 0.717) is 23.8 Å². The minimum Gasteiger partial charge on any atom is -0.493 e. The van der Waals surface area contributed by atoms with Gasteiger partial charge in [-0.15, -0.1) is 0 Å². The lowest BCUT2D eigenvalue weighted by Crippen LogP contribution is -2.52. The molecule has 6 heteroatoms. The number of pyridine rings is 1. The van der Waals surface area contributed by atoms with Crippen LogP contribution in [0.3, 0.4) is 0 Å². The molecule has 1 aromatic heterocycles. The quantitative estimate of drug-likeness (QED) is 0.683. The van der Waals surface area contributed by atoms with Crippen molar-refractivity contribution in [3.63, 3.8) is 0 Å². The van der Waals surface area contributed by atoms with Crippen molar-refractivity contribution in [1.82, 2.24) is 10.3 Å². The van der Waals surface area contributed by atoms with Crippen LogP contribution in [0.25, 0.3) is 12.2 Å². The first-order chi connectivity index (χ1) is 12.2. The number of aromatic nitrogens is 1. The molecular weight excluding hydrogens is 352 g/mol. The summed E-state index contributed by atoms with van der Waals surface area (Å²) in [5.74, 6) is 0. The summed E-state index contributed by atoms with van der Waals surface area (Å²) in [6.45, 7) is 8.05. The Bertz CT molecular complexity index is 673. The second-order valence-corrected chi connectivity index (χ2v) is 7.65. The van der Waals surface area contributed by atoms with Crippen molar-refractivity contribution in [2.24, 2.45) is 0 Å². The molecule has 144 valence electrons. The maximum absolute atomic E-state index is 10.8. The molecule has 0 saturated heterocycles. The van der Waals surface area contributed by atoms with Crippen LogP contribution in [0.5, 0.6) is 0 Å². The monoisotopic (exact) mass is 380 g/mol. The lowest BCUT2D eigenvalue weighted by molar-refractivity contribution is -0.0667. The summed E-state index contributed by atoms with van der Waals surface area (Å²) >= 11 is 6.10. The molecule has 0 spiro atoms. The number of nitrogens with one attached hydrogen (secondary N) is 1. The van der Waals surface area contributed by atoms with Crippen LogP contribution in [0.1, 0.15) is 50.4 Å². The average molecular weight is 381 g/mol. The smallest absolute Gasteiger partial charge is 0.130 e. The second kappa shape index (κ2) is 9.00. The zero-order valence-corrected chi connectivity index (χ0v) is 16.6. The number of aryl methyl sites for hydroxylation is 1. The van der Waals surface area contributed by atoms with Crippen molar-refractivity contribution in [1.29, 1.82) is 0 Å². The number of aliphatic hydroxyl groups excluding tert-OH is 2. The van der Waals surface area contributed by atoms with Crippen molar-refractivity contribution < 1.29 is 14.9 Å². The maximum atomic E-state index is 10.8. The van der Waals surface area contributed by atoms with Gasteiger partial charge in [0.15, 0.2) is 0 Å². The van der Waals surface area contributed by atoms with Crippen molar-refractivity contribution in [2.45, 2.75) is 64.4 Å². The summed E-state index contributed by atoms with van der Waals surface area (Å²) in [5, 5.41) is 24.5. The highest BCUT2D eigenvalue weighted by Gasteiger charge is 2.34. The van der Waals surface area contributed by atoms with E-state index in [1.165, 1.54) is 0 Å². The number of nitrogens with zero attached hydrogens (tertiary/aromatic N) is 1. The van der Waals surface area contributed by atoms with E-state index in [4.69, 9.17) is 16.3 Å². The number of halogens is 1. The predicted molar refractivity (Wildman–Crippen MR) is 106 cm³/mol. The van der Waals surface area contributed by atoms with Crippen molar-refractivity contribution >= 4 is 23.8 Å². The molecule has 0 radical (unpaired) electrons. The molecular formula is C20H29ClN2O3. The van der Waals surface area contributed by atoms with Gasteiger partial charge in [-0.05, 0) is 51.0 Å². The first kappa shape index (κ1) is 20.9. The molecule has 0 aromatic carbocycles. The summed E-state index contributed by atoms with van der Waals surface area (Å²) < 4.78 is 5.82. The van der Waals surface area contributed by atoms with E-state index in [0.717, 1.165) is 17.5 Å². The Morgan fingerprint density at radius 3 is 2.81 bits per heavy atom. The van der Waals surface area contributed by atoms with Crippen molar-refractivity contribution in [3.05, 3.63) is 40.4 Å². The van der Waals surface area contributed by atoms with Gasteiger partial charge in [-0.1, -0.05) is 31.0 Å². The number of aliphatic hydroxyl groups is 2. The molecule has 0 bridgehead atoms. The van der Waals surface area contributed by atoms with Gasteiger partial charge in [-0.3, -0.25) is 0 Å². The highest BCUT2D eigenvalue weighted by Crippen LogP contribution is 2.25. The first-order valence-corrected chi connectivity index (χ1v) is 9.41. The zero-order chi connectivity index (χ0) is 19.3. The average Bonchev–Trinajstić information content (AvgIpc) is 2.56. The standard InChI is InChI=1S/C20H29ClN2O3/c1-5-6-14(24)12-22-17-8-7-16-15(13(2)11-18(21)23-16)9-10-26-20(3,4)19(17)25/h7-11,14,17,19,22,24-25H,5-6,12H2,1-4H3/b8-7+,10-9?/t14?,17-,19+/m0/s1. The fourth-order valence-electron chi connectivity index (χ4n) is 2.98. The Labute approximate surface area is 160 Å². The third-order valence-electron chi connectivity index (χ3n) is 4.60. The van der Waals surface area contributed by atoms with Crippen LogP contribution in [-0.4, -0.2) is 45.6 Å². The van der Waals surface area contributed by atoms with Crippen LogP contribution >= 0.6 is 11.6 Å². The van der Waals surface area contributed by atoms with Gasteiger partial charge in [0.2, 0.25) is 0 Å². The molecule has 3 N–H and O–H groups in total. The summed E-state index contributed by atoms with van der Waals surface area (Å²) in [5.41, 5.74) is 1.82. The van der Waals surface area contributed by atoms with Crippen LogP contribution in [0.15, 0.2) is 18.4 Å². The van der Waals surface area contributed by atoms with E-state index in [1.807, 2.05) is 45.9 Å². The Balaban J connectivity index is 2.35. The Morgan fingerprint density at radius 1 is 1.38 bits per heavy atom. The fraction of sp³-hybridized carbons (Fsp3) is 0.550. The van der Waals surface area contributed by atoms with E-state index in [-0.39, 0.29) is 0 Å². The number of hydrogen-bond acceptors (Lipinski definition) is 5. The topological polar surface area (TPSA) is 74.6 Å². The molecule has 1 unspecified atom stereocenters. The predicted octanol–water partition coefficient (Wildman–Crippen LogP) is 3.32. The minimum atomic E-state index is -0.820.